The van der Waals surface area contributed by atoms with E-state index in [1.807, 2.05) is 0 Å². The summed E-state index contributed by atoms with van der Waals surface area (Å²) in [4.78, 5) is 11.9. The summed E-state index contributed by atoms with van der Waals surface area (Å²) in [5, 5.41) is 10.0. The van der Waals surface area contributed by atoms with Gasteiger partial charge in [0.15, 0.2) is 0 Å². The largest absolute Gasteiger partial charge is 0.463 e. The van der Waals surface area contributed by atoms with Gasteiger partial charge in [-0.3, -0.25) is 4.79 Å². The molecule has 0 aromatic carbocycles. The van der Waals surface area contributed by atoms with Gasteiger partial charge in [-0.2, -0.15) is 0 Å². The number of esters is 1. The first-order chi connectivity index (χ1) is 20.1. The lowest BCUT2D eigenvalue weighted by Gasteiger charge is -2.12. The van der Waals surface area contributed by atoms with Crippen LogP contribution < -0.4 is 0 Å². The van der Waals surface area contributed by atoms with E-state index in [0.717, 1.165) is 25.2 Å². The van der Waals surface area contributed by atoms with Crippen LogP contribution in [-0.2, 0) is 14.3 Å². The topological polar surface area (TPSA) is 55.8 Å². The van der Waals surface area contributed by atoms with Crippen LogP contribution in [-0.4, -0.2) is 37.0 Å². The fraction of sp³-hybridized carbons (Fsp3) is 0.973. The number of hydrogen-bond acceptors (Lipinski definition) is 4. The van der Waals surface area contributed by atoms with Gasteiger partial charge < -0.3 is 14.6 Å². The van der Waals surface area contributed by atoms with Gasteiger partial charge >= 0.3 is 5.97 Å². The maximum Gasteiger partial charge on any atom is 0.305 e. The molecule has 4 heteroatoms. The number of carbonyl (C=O) groups is 1. The van der Waals surface area contributed by atoms with Crippen LogP contribution in [0.2, 0.25) is 0 Å². The predicted octanol–water partition coefficient (Wildman–Crippen LogP) is 11.5. The van der Waals surface area contributed by atoms with Crippen LogP contribution in [0.5, 0.6) is 0 Å². The third-order valence-electron chi connectivity index (χ3n) is 8.30. The Labute approximate surface area is 257 Å². The molecule has 0 amide bonds. The molecule has 0 aromatic heterocycles. The van der Waals surface area contributed by atoms with Gasteiger partial charge in [0.2, 0.25) is 0 Å². The molecule has 0 spiro atoms. The molecule has 0 heterocycles. The molecule has 0 aliphatic heterocycles. The molecule has 0 rings (SSSR count). The molecule has 0 aliphatic rings. The molecule has 0 radical (unpaired) electrons. The summed E-state index contributed by atoms with van der Waals surface area (Å²) in [5.74, 6) is 0.663. The molecule has 246 valence electrons. The summed E-state index contributed by atoms with van der Waals surface area (Å²) in [5.41, 5.74) is 0. The van der Waals surface area contributed by atoms with Crippen LogP contribution in [0.3, 0.4) is 0 Å². The summed E-state index contributed by atoms with van der Waals surface area (Å²) in [6.45, 7) is 7.90. The molecule has 0 fully saturated rings. The summed E-state index contributed by atoms with van der Waals surface area (Å²) >= 11 is 0. The van der Waals surface area contributed by atoms with Gasteiger partial charge in [-0.25, -0.2) is 0 Å². The number of rotatable bonds is 34. The highest BCUT2D eigenvalue weighted by Crippen LogP contribution is 2.15. The zero-order chi connectivity index (χ0) is 30.1. The number of carbonyl (C=O) groups excluding carboxylic acids is 1. The Bertz CT molecular complexity index is 507. The highest BCUT2D eigenvalue weighted by molar-refractivity contribution is 5.69. The van der Waals surface area contributed by atoms with Crippen molar-refractivity contribution in [1.82, 2.24) is 0 Å². The molecule has 4 nitrogen and oxygen atoms in total. The van der Waals surface area contributed by atoms with Crippen LogP contribution in [0, 0.1) is 5.92 Å². The van der Waals surface area contributed by atoms with Crippen LogP contribution in [0.15, 0.2) is 0 Å². The summed E-state index contributed by atoms with van der Waals surface area (Å²) in [6.07, 6.45) is 35.5. The Kier molecular flexibility index (Phi) is 33.4. The minimum absolute atomic E-state index is 0.0509. The maximum atomic E-state index is 11.9. The first-order valence-electron chi connectivity index (χ1n) is 18.5. The third kappa shape index (κ3) is 35.5. The van der Waals surface area contributed by atoms with Crippen molar-refractivity contribution in [3.8, 4) is 0 Å². The first kappa shape index (κ1) is 40.4. The van der Waals surface area contributed by atoms with Crippen LogP contribution >= 0.6 is 0 Å². The zero-order valence-electron chi connectivity index (χ0n) is 28.2. The molecular formula is C37H74O4. The summed E-state index contributed by atoms with van der Waals surface area (Å²) in [6, 6.07) is 0. The van der Waals surface area contributed by atoms with E-state index in [9.17, 15) is 9.90 Å². The van der Waals surface area contributed by atoms with Gasteiger partial charge in [0.05, 0.1) is 6.61 Å². The van der Waals surface area contributed by atoms with Crippen molar-refractivity contribution < 1.29 is 19.4 Å². The second kappa shape index (κ2) is 33.9. The average molecular weight is 583 g/mol. The van der Waals surface area contributed by atoms with E-state index in [0.29, 0.717) is 13.0 Å². The molecule has 0 aromatic rings. The predicted molar refractivity (Wildman–Crippen MR) is 178 cm³/mol. The smallest absolute Gasteiger partial charge is 0.305 e. The second-order valence-corrected chi connectivity index (χ2v) is 13.2. The lowest BCUT2D eigenvalue weighted by Crippen LogP contribution is -2.24. The lowest BCUT2D eigenvalue weighted by atomic mass is 10.0. The van der Waals surface area contributed by atoms with E-state index in [1.54, 1.807) is 0 Å². The van der Waals surface area contributed by atoms with Gasteiger partial charge in [-0.15, -0.1) is 0 Å². The van der Waals surface area contributed by atoms with Crippen LogP contribution in [0.4, 0.5) is 0 Å². The quantitative estimate of drug-likeness (QED) is 0.0605. The molecule has 1 N–H and O–H groups in total. The Morgan fingerprint density at radius 1 is 0.537 bits per heavy atom. The van der Waals surface area contributed by atoms with E-state index < -0.39 is 6.10 Å². The standard InChI is InChI=1S/C37H74O4/c1-4-5-6-7-8-9-10-11-14-17-20-23-26-29-32-40-33-36(38)34-41-37(39)31-28-25-22-19-16-13-12-15-18-21-24-27-30-35(2)3/h35-36,38H,4-34H2,1-3H3. The summed E-state index contributed by atoms with van der Waals surface area (Å²) < 4.78 is 10.8. The van der Waals surface area contributed by atoms with Crippen molar-refractivity contribution in [2.75, 3.05) is 19.8 Å². The highest BCUT2D eigenvalue weighted by atomic mass is 16.5. The Morgan fingerprint density at radius 2 is 0.927 bits per heavy atom. The average Bonchev–Trinajstić information content (AvgIpc) is 2.95. The number of hydrogen-bond donors (Lipinski definition) is 1. The Morgan fingerprint density at radius 3 is 1.37 bits per heavy atom. The van der Waals surface area contributed by atoms with Gasteiger partial charge in [-0.05, 0) is 18.8 Å². The molecule has 41 heavy (non-hydrogen) atoms. The fourth-order valence-corrected chi connectivity index (χ4v) is 5.52. The van der Waals surface area contributed by atoms with Gasteiger partial charge in [0.1, 0.15) is 12.7 Å². The molecule has 0 saturated carbocycles. The number of unbranched alkanes of at least 4 members (excludes halogenated alkanes) is 24. The van der Waals surface area contributed by atoms with E-state index in [1.165, 1.54) is 154 Å². The molecule has 1 unspecified atom stereocenters. The molecule has 0 aliphatic carbocycles. The van der Waals surface area contributed by atoms with E-state index in [-0.39, 0.29) is 19.2 Å². The second-order valence-electron chi connectivity index (χ2n) is 13.2. The van der Waals surface area contributed by atoms with Crippen LogP contribution in [0.25, 0.3) is 0 Å². The van der Waals surface area contributed by atoms with E-state index in [4.69, 9.17) is 9.47 Å². The van der Waals surface area contributed by atoms with Gasteiger partial charge in [0, 0.05) is 13.0 Å². The summed E-state index contributed by atoms with van der Waals surface area (Å²) in [7, 11) is 0. The molecule has 1 atom stereocenters. The van der Waals surface area contributed by atoms with Crippen molar-refractivity contribution in [2.45, 2.75) is 207 Å². The SMILES string of the molecule is CCCCCCCCCCCCCCCCOCC(O)COC(=O)CCCCCCCCCCCCCCC(C)C. The molecular weight excluding hydrogens is 508 g/mol. The molecule has 0 saturated heterocycles. The zero-order valence-corrected chi connectivity index (χ0v) is 28.2. The number of ether oxygens (including phenoxy) is 2. The minimum atomic E-state index is -0.717. The number of aliphatic hydroxyl groups is 1. The van der Waals surface area contributed by atoms with Crippen molar-refractivity contribution in [3.63, 3.8) is 0 Å². The van der Waals surface area contributed by atoms with Crippen LogP contribution in [0.1, 0.15) is 201 Å². The normalized spacial score (nSPS) is 12.3. The van der Waals surface area contributed by atoms with E-state index >= 15 is 0 Å². The van der Waals surface area contributed by atoms with Crippen molar-refractivity contribution in [2.24, 2.45) is 5.92 Å². The highest BCUT2D eigenvalue weighted by Gasteiger charge is 2.09. The lowest BCUT2D eigenvalue weighted by molar-refractivity contribution is -0.147. The fourth-order valence-electron chi connectivity index (χ4n) is 5.52. The maximum absolute atomic E-state index is 11.9. The first-order valence-corrected chi connectivity index (χ1v) is 18.5. The van der Waals surface area contributed by atoms with Crippen molar-refractivity contribution in [1.29, 1.82) is 0 Å². The van der Waals surface area contributed by atoms with Crippen molar-refractivity contribution in [3.05, 3.63) is 0 Å². The van der Waals surface area contributed by atoms with Gasteiger partial charge in [-0.1, -0.05) is 181 Å². The van der Waals surface area contributed by atoms with E-state index in [2.05, 4.69) is 20.8 Å². The monoisotopic (exact) mass is 583 g/mol. The third-order valence-corrected chi connectivity index (χ3v) is 8.30. The Balaban J connectivity index is 3.27. The Hall–Kier alpha value is -0.610. The van der Waals surface area contributed by atoms with Crippen molar-refractivity contribution >= 4 is 5.97 Å². The minimum Gasteiger partial charge on any atom is -0.463 e. The number of aliphatic hydroxyl groups excluding tert-OH is 1. The molecule has 0 bridgehead atoms. The van der Waals surface area contributed by atoms with Gasteiger partial charge in [0.25, 0.3) is 0 Å².